The number of ether oxygens (including phenoxy) is 1. The van der Waals surface area contributed by atoms with E-state index in [1.165, 1.54) is 12.3 Å². The van der Waals surface area contributed by atoms with Crippen LogP contribution in [0.1, 0.15) is 20.8 Å². The van der Waals surface area contributed by atoms with Crippen molar-refractivity contribution in [2.24, 2.45) is 0 Å². The van der Waals surface area contributed by atoms with Crippen molar-refractivity contribution in [3.8, 4) is 17.0 Å². The molecule has 0 fully saturated rings. The van der Waals surface area contributed by atoms with Crippen LogP contribution in [0, 0.1) is 11.8 Å². The van der Waals surface area contributed by atoms with Gasteiger partial charge in [0.1, 0.15) is 29.5 Å². The molecule has 0 aromatic carbocycles. The first-order chi connectivity index (χ1) is 13.8. The fourth-order valence-corrected chi connectivity index (χ4v) is 4.07. The molecule has 0 bridgehead atoms. The Kier molecular flexibility index (Phi) is 4.95. The average molecular weight is 418 g/mol. The van der Waals surface area contributed by atoms with Crippen LogP contribution in [-0.2, 0) is 0 Å². The zero-order valence-corrected chi connectivity index (χ0v) is 17.0. The summed E-state index contributed by atoms with van der Waals surface area (Å²) in [6.45, 7) is 6.25. The lowest BCUT2D eigenvalue weighted by atomic mass is 10.2. The van der Waals surface area contributed by atoms with Gasteiger partial charge in [-0.2, -0.15) is 4.39 Å². The minimum Gasteiger partial charge on any atom is -0.490 e. The molecule has 4 heterocycles. The van der Waals surface area contributed by atoms with Crippen molar-refractivity contribution >= 4 is 28.4 Å². The third-order valence-corrected chi connectivity index (χ3v) is 5.32. The van der Waals surface area contributed by atoms with Crippen molar-refractivity contribution in [3.05, 3.63) is 42.5 Å². The van der Waals surface area contributed by atoms with Crippen LogP contribution in [0.5, 0.6) is 5.75 Å². The van der Waals surface area contributed by atoms with Crippen LogP contribution in [0.4, 0.5) is 8.78 Å². The van der Waals surface area contributed by atoms with E-state index in [9.17, 15) is 8.78 Å². The fourth-order valence-electron chi connectivity index (χ4n) is 3.03. The summed E-state index contributed by atoms with van der Waals surface area (Å²) in [4.78, 5) is 11.6. The topological polar surface area (TPSA) is 75.4 Å². The number of aromatic amines is 1. The summed E-state index contributed by atoms with van der Waals surface area (Å²) in [5.41, 5.74) is 1.30. The summed E-state index contributed by atoms with van der Waals surface area (Å²) in [5.74, 6) is -0.618. The molecule has 9 heteroatoms. The molecule has 0 aliphatic heterocycles. The van der Waals surface area contributed by atoms with Crippen molar-refractivity contribution in [2.45, 2.75) is 30.4 Å². The van der Waals surface area contributed by atoms with Gasteiger partial charge in [0.15, 0.2) is 0 Å². The maximum Gasteiger partial charge on any atom is 0.224 e. The van der Waals surface area contributed by atoms with Gasteiger partial charge < -0.3 is 14.8 Å². The van der Waals surface area contributed by atoms with Gasteiger partial charge in [0.05, 0.1) is 34.3 Å². The second-order valence-electron chi connectivity index (χ2n) is 7.52. The van der Waals surface area contributed by atoms with Crippen LogP contribution in [0.15, 0.2) is 35.6 Å². The summed E-state index contributed by atoms with van der Waals surface area (Å²) < 4.78 is 36.0. The number of aromatic nitrogens is 4. The Morgan fingerprint density at radius 3 is 2.79 bits per heavy atom. The Bertz CT molecular complexity index is 1200. The van der Waals surface area contributed by atoms with Crippen LogP contribution in [0.3, 0.4) is 0 Å². The Balaban J connectivity index is 1.89. The Morgan fingerprint density at radius 1 is 1.28 bits per heavy atom. The molecule has 0 aliphatic rings. The molecule has 0 aliphatic carbocycles. The molecular formula is C20H20F2N4O2S. The van der Waals surface area contributed by atoms with Crippen LogP contribution in [0.2, 0.25) is 0 Å². The molecule has 0 radical (unpaired) electrons. The molecule has 0 atom stereocenters. The van der Waals surface area contributed by atoms with Gasteiger partial charge in [0, 0.05) is 23.2 Å². The number of aliphatic hydroxyl groups is 1. The van der Waals surface area contributed by atoms with E-state index in [0.717, 1.165) is 11.1 Å². The van der Waals surface area contributed by atoms with Gasteiger partial charge >= 0.3 is 0 Å². The molecule has 4 aromatic rings. The third-order valence-electron chi connectivity index (χ3n) is 4.18. The van der Waals surface area contributed by atoms with Crippen molar-refractivity contribution in [2.75, 3.05) is 13.2 Å². The number of rotatable bonds is 5. The molecule has 4 rings (SSSR count). The zero-order chi connectivity index (χ0) is 20.8. The quantitative estimate of drug-likeness (QED) is 0.371. The Hall–Kier alpha value is -2.65. The number of halogens is 2. The van der Waals surface area contributed by atoms with Crippen LogP contribution in [-0.4, -0.2) is 42.4 Å². The van der Waals surface area contributed by atoms with Gasteiger partial charge in [0.2, 0.25) is 5.95 Å². The lowest BCUT2D eigenvalue weighted by Crippen LogP contribution is -2.09. The van der Waals surface area contributed by atoms with E-state index in [2.05, 4.69) is 35.7 Å². The van der Waals surface area contributed by atoms with Crippen LogP contribution in [0.25, 0.3) is 27.9 Å². The first-order valence-electron chi connectivity index (χ1n) is 9.04. The Labute approximate surface area is 169 Å². The molecule has 4 aromatic heterocycles. The minimum absolute atomic E-state index is 0.105. The fraction of sp³-hybridized carbons (Fsp3) is 0.300. The third kappa shape index (κ3) is 3.79. The van der Waals surface area contributed by atoms with Gasteiger partial charge in [-0.15, -0.1) is 11.8 Å². The highest BCUT2D eigenvalue weighted by molar-refractivity contribution is 8.00. The van der Waals surface area contributed by atoms with E-state index >= 15 is 0 Å². The SMILES string of the molecule is CC(C)(C)Sc1cn2c(-c3cc4c(F)c[nH]c4nc3F)cnc2cc1OCCO. The van der Waals surface area contributed by atoms with E-state index in [1.807, 2.05) is 6.20 Å². The number of imidazole rings is 1. The monoisotopic (exact) mass is 418 g/mol. The molecule has 0 spiro atoms. The highest BCUT2D eigenvalue weighted by Crippen LogP contribution is 2.39. The molecule has 0 unspecified atom stereocenters. The first kappa shape index (κ1) is 19.7. The molecule has 152 valence electrons. The summed E-state index contributed by atoms with van der Waals surface area (Å²) in [7, 11) is 0. The summed E-state index contributed by atoms with van der Waals surface area (Å²) >= 11 is 1.58. The molecule has 2 N–H and O–H groups in total. The molecule has 0 amide bonds. The summed E-state index contributed by atoms with van der Waals surface area (Å²) in [6.07, 6.45) is 4.49. The van der Waals surface area contributed by atoms with Crippen LogP contribution >= 0.6 is 11.8 Å². The van der Waals surface area contributed by atoms with Crippen molar-refractivity contribution in [3.63, 3.8) is 0 Å². The number of aliphatic hydroxyl groups excluding tert-OH is 1. The van der Waals surface area contributed by atoms with E-state index < -0.39 is 11.8 Å². The predicted molar refractivity (Wildman–Crippen MR) is 108 cm³/mol. The first-order valence-corrected chi connectivity index (χ1v) is 9.86. The van der Waals surface area contributed by atoms with Gasteiger partial charge in [-0.3, -0.25) is 4.40 Å². The van der Waals surface area contributed by atoms with Gasteiger partial charge in [0.25, 0.3) is 0 Å². The second-order valence-corrected chi connectivity index (χ2v) is 9.39. The molecule has 0 saturated carbocycles. The summed E-state index contributed by atoms with van der Waals surface area (Å²) in [5, 5.41) is 9.32. The lowest BCUT2D eigenvalue weighted by molar-refractivity contribution is 0.198. The lowest BCUT2D eigenvalue weighted by Gasteiger charge is -2.20. The minimum atomic E-state index is -0.716. The van der Waals surface area contributed by atoms with E-state index in [0.29, 0.717) is 17.1 Å². The van der Waals surface area contributed by atoms with E-state index in [4.69, 9.17) is 9.84 Å². The van der Waals surface area contributed by atoms with Crippen molar-refractivity contribution < 1.29 is 18.6 Å². The van der Waals surface area contributed by atoms with Crippen molar-refractivity contribution in [1.29, 1.82) is 0 Å². The standard InChI is InChI=1S/C20H20F2N4O2S/c1-20(2,3)29-16-10-26-14(9-23-17(26)7-15(16)28-5-4-27)12-6-11-13(21)8-24-19(11)25-18(12)22/h6-10,27H,4-5H2,1-3H3,(H,24,25). The number of hydrogen-bond acceptors (Lipinski definition) is 5. The van der Waals surface area contributed by atoms with Gasteiger partial charge in [-0.05, 0) is 6.07 Å². The number of hydrogen-bond donors (Lipinski definition) is 2. The highest BCUT2D eigenvalue weighted by Gasteiger charge is 2.20. The number of nitrogens with one attached hydrogen (secondary N) is 1. The number of nitrogens with zero attached hydrogens (tertiary/aromatic N) is 3. The second kappa shape index (κ2) is 7.31. The molecule has 0 saturated heterocycles. The van der Waals surface area contributed by atoms with Crippen LogP contribution < -0.4 is 4.74 Å². The number of H-pyrrole nitrogens is 1. The predicted octanol–water partition coefficient (Wildman–Crippen LogP) is 4.42. The molecular weight excluding hydrogens is 398 g/mol. The number of thioether (sulfide) groups is 1. The average Bonchev–Trinajstić information content (AvgIpc) is 3.21. The maximum absolute atomic E-state index is 14.7. The number of fused-ring (bicyclic) bond motifs is 2. The number of pyridine rings is 2. The Morgan fingerprint density at radius 2 is 2.07 bits per heavy atom. The van der Waals surface area contributed by atoms with E-state index in [-0.39, 0.29) is 34.6 Å². The largest absolute Gasteiger partial charge is 0.490 e. The van der Waals surface area contributed by atoms with E-state index in [1.54, 1.807) is 22.2 Å². The zero-order valence-electron chi connectivity index (χ0n) is 16.2. The van der Waals surface area contributed by atoms with Gasteiger partial charge in [-0.25, -0.2) is 14.4 Å². The highest BCUT2D eigenvalue weighted by atomic mass is 32.2. The normalized spacial score (nSPS) is 12.2. The van der Waals surface area contributed by atoms with Gasteiger partial charge in [-0.1, -0.05) is 20.8 Å². The smallest absolute Gasteiger partial charge is 0.224 e. The summed E-state index contributed by atoms with van der Waals surface area (Å²) in [6, 6.07) is 3.17. The maximum atomic E-state index is 14.7. The molecule has 6 nitrogen and oxygen atoms in total. The molecule has 29 heavy (non-hydrogen) atoms. The van der Waals surface area contributed by atoms with Crippen molar-refractivity contribution in [1.82, 2.24) is 19.4 Å².